The predicted molar refractivity (Wildman–Crippen MR) is 102 cm³/mol. The molecule has 0 fully saturated rings. The van der Waals surface area contributed by atoms with Crippen LogP contribution < -0.4 is 5.73 Å². The van der Waals surface area contributed by atoms with Gasteiger partial charge in [0, 0.05) is 0 Å². The van der Waals surface area contributed by atoms with Gasteiger partial charge in [-0.1, -0.05) is 0 Å². The molecule has 0 unspecified atom stereocenters. The number of aliphatic carboxylic acids is 5. The molecule has 0 rings (SSSR count). The van der Waals surface area contributed by atoms with Gasteiger partial charge in [0.25, 0.3) is 0 Å². The SMILES string of the molecule is N[C@@H](CC(=O)O)C(=O)O.O=C(O)CC(O)(CC(=O)O)C(=O)O.O=C[C@@H](O)[C@@H](O)[C@H](O)[C@H](O)CO. The minimum atomic E-state index is -2.74. The summed E-state index contributed by atoms with van der Waals surface area (Å²) in [5.41, 5.74) is 2.10. The molecule has 0 radical (unpaired) electrons. The highest BCUT2D eigenvalue weighted by Gasteiger charge is 2.40. The van der Waals surface area contributed by atoms with Crippen molar-refractivity contribution in [2.24, 2.45) is 5.73 Å². The Morgan fingerprint density at radius 2 is 1.21 bits per heavy atom. The molecule has 13 N–H and O–H groups in total. The second kappa shape index (κ2) is 17.2. The van der Waals surface area contributed by atoms with Gasteiger partial charge in [-0.15, -0.1) is 0 Å². The topological polar surface area (TPSA) is 351 Å². The Morgan fingerprint density at radius 1 is 0.794 bits per heavy atom. The number of aliphatic hydroxyl groups excluding tert-OH is 5. The lowest BCUT2D eigenvalue weighted by molar-refractivity contribution is -0.170. The second-order valence-electron chi connectivity index (χ2n) is 6.38. The predicted octanol–water partition coefficient (Wildman–Crippen LogP) is -5.75. The van der Waals surface area contributed by atoms with Crippen LogP contribution >= 0.6 is 0 Å². The summed E-state index contributed by atoms with van der Waals surface area (Å²) in [4.78, 5) is 60.0. The highest BCUT2D eigenvalue weighted by Crippen LogP contribution is 2.15. The second-order valence-corrected chi connectivity index (χ2v) is 6.38. The molecule has 0 aromatic rings. The van der Waals surface area contributed by atoms with Crippen LogP contribution in [0.25, 0.3) is 0 Å². The Hall–Kier alpha value is -3.26. The van der Waals surface area contributed by atoms with Crippen molar-refractivity contribution in [2.45, 2.75) is 55.3 Å². The standard InChI is InChI=1S/C6H8O7.C6H12O6.C4H7NO4/c7-3(8)1-6(13,5(11)12)2-4(9)10;7-1-3(9)5(11)6(12)4(10)2-8;5-2(4(8)9)1-3(6)7/h13H,1-2H2,(H,7,8)(H,9,10)(H,11,12);1,3-6,8-12H,2H2;2H,1,5H2,(H,6,7)(H,8,9)/t;3-,4-,5-,6-;2-/m.10/s1. The molecule has 0 heterocycles. The third kappa shape index (κ3) is 16.4. The van der Waals surface area contributed by atoms with Gasteiger partial charge in [0.1, 0.15) is 30.5 Å². The van der Waals surface area contributed by atoms with Gasteiger partial charge >= 0.3 is 29.8 Å². The number of carbonyl (C=O) groups is 6. The Labute approximate surface area is 189 Å². The highest BCUT2D eigenvalue weighted by atomic mass is 16.4. The Bertz CT molecular complexity index is 679. The third-order valence-corrected chi connectivity index (χ3v) is 3.42. The molecule has 0 aliphatic carbocycles. The molecular weight excluding hydrogens is 478 g/mol. The summed E-state index contributed by atoms with van der Waals surface area (Å²) >= 11 is 0. The van der Waals surface area contributed by atoms with E-state index in [0.29, 0.717) is 0 Å². The Balaban J connectivity index is -0.000000431. The minimum Gasteiger partial charge on any atom is -0.481 e. The van der Waals surface area contributed by atoms with Gasteiger partial charge in [0.2, 0.25) is 0 Å². The lowest BCUT2D eigenvalue weighted by Crippen LogP contribution is -2.46. The lowest BCUT2D eigenvalue weighted by atomic mass is 9.96. The van der Waals surface area contributed by atoms with E-state index < -0.39 is 91.8 Å². The zero-order valence-electron chi connectivity index (χ0n) is 17.2. The molecule has 34 heavy (non-hydrogen) atoms. The first-order valence-corrected chi connectivity index (χ1v) is 8.74. The van der Waals surface area contributed by atoms with Gasteiger partial charge in [-0.3, -0.25) is 19.2 Å². The van der Waals surface area contributed by atoms with Crippen LogP contribution in [0, 0.1) is 0 Å². The Morgan fingerprint density at radius 3 is 1.41 bits per heavy atom. The van der Waals surface area contributed by atoms with Crippen LogP contribution in [0.3, 0.4) is 0 Å². The van der Waals surface area contributed by atoms with Crippen LogP contribution in [-0.2, 0) is 28.8 Å². The maximum absolute atomic E-state index is 10.3. The van der Waals surface area contributed by atoms with Crippen molar-refractivity contribution in [3.63, 3.8) is 0 Å². The number of carboxylic acid groups (broad SMARTS) is 5. The fourth-order valence-electron chi connectivity index (χ4n) is 1.61. The number of rotatable bonds is 13. The maximum atomic E-state index is 10.3. The van der Waals surface area contributed by atoms with Crippen molar-refractivity contribution < 1.29 is 84.9 Å². The molecule has 0 aliphatic heterocycles. The van der Waals surface area contributed by atoms with Crippen LogP contribution in [-0.4, -0.2) is 135 Å². The van der Waals surface area contributed by atoms with Crippen molar-refractivity contribution in [3.8, 4) is 0 Å². The van der Waals surface area contributed by atoms with Gasteiger partial charge in [-0.2, -0.15) is 0 Å². The zero-order chi connectivity index (χ0) is 27.8. The summed E-state index contributed by atoms with van der Waals surface area (Å²) < 4.78 is 0. The largest absolute Gasteiger partial charge is 0.481 e. The molecule has 0 bridgehead atoms. The molecule has 18 heteroatoms. The van der Waals surface area contributed by atoms with Crippen molar-refractivity contribution in [3.05, 3.63) is 0 Å². The summed E-state index contributed by atoms with van der Waals surface area (Å²) in [5, 5.41) is 93.4. The molecule has 0 saturated heterocycles. The smallest absolute Gasteiger partial charge is 0.336 e. The normalized spacial score (nSPS) is 14.9. The van der Waals surface area contributed by atoms with E-state index in [2.05, 4.69) is 0 Å². The van der Waals surface area contributed by atoms with Crippen LogP contribution in [0.1, 0.15) is 19.3 Å². The van der Waals surface area contributed by atoms with E-state index in [1.807, 2.05) is 0 Å². The molecule has 0 spiro atoms. The number of nitrogens with two attached hydrogens (primary N) is 1. The first-order chi connectivity index (χ1) is 15.4. The number of aldehydes is 1. The van der Waals surface area contributed by atoms with Crippen LogP contribution in [0.5, 0.6) is 0 Å². The van der Waals surface area contributed by atoms with E-state index in [0.717, 1.165) is 0 Å². The number of carboxylic acids is 5. The van der Waals surface area contributed by atoms with Gasteiger partial charge in [0.05, 0.1) is 25.9 Å². The van der Waals surface area contributed by atoms with E-state index in [4.69, 9.17) is 61.9 Å². The summed E-state index contributed by atoms with van der Waals surface area (Å²) in [6.07, 6.45) is -9.66. The molecule has 0 saturated carbocycles. The van der Waals surface area contributed by atoms with Gasteiger partial charge in [-0.25, -0.2) is 4.79 Å². The number of carbonyl (C=O) groups excluding carboxylic acids is 1. The lowest BCUT2D eigenvalue weighted by Gasteiger charge is -2.22. The quantitative estimate of drug-likeness (QED) is 0.104. The van der Waals surface area contributed by atoms with Crippen LogP contribution in [0.15, 0.2) is 0 Å². The van der Waals surface area contributed by atoms with Crippen LogP contribution in [0.2, 0.25) is 0 Å². The third-order valence-electron chi connectivity index (χ3n) is 3.42. The molecule has 18 nitrogen and oxygen atoms in total. The molecule has 198 valence electrons. The number of aliphatic hydroxyl groups is 6. The average molecular weight is 505 g/mol. The Kier molecular flexibility index (Phi) is 17.9. The maximum Gasteiger partial charge on any atom is 0.336 e. The fraction of sp³-hybridized carbons (Fsp3) is 0.625. The van der Waals surface area contributed by atoms with Gasteiger partial charge < -0.3 is 66.7 Å². The van der Waals surface area contributed by atoms with Crippen molar-refractivity contribution in [1.82, 2.24) is 0 Å². The molecule has 0 aliphatic rings. The zero-order valence-corrected chi connectivity index (χ0v) is 17.2. The molecule has 0 aromatic heterocycles. The van der Waals surface area contributed by atoms with E-state index in [9.17, 15) is 28.8 Å². The van der Waals surface area contributed by atoms with Crippen LogP contribution in [0.4, 0.5) is 0 Å². The minimum absolute atomic E-state index is 0.0258. The van der Waals surface area contributed by atoms with Crippen molar-refractivity contribution in [2.75, 3.05) is 6.61 Å². The first kappa shape index (κ1) is 35.3. The first-order valence-electron chi connectivity index (χ1n) is 8.74. The fourth-order valence-corrected chi connectivity index (χ4v) is 1.61. The van der Waals surface area contributed by atoms with E-state index in [-0.39, 0.29) is 6.29 Å². The molecular formula is C16H27NO17. The van der Waals surface area contributed by atoms with E-state index in [1.54, 1.807) is 0 Å². The highest BCUT2D eigenvalue weighted by molar-refractivity contribution is 5.88. The molecule has 0 aromatic carbocycles. The average Bonchev–Trinajstić information content (AvgIpc) is 2.70. The molecule has 0 amide bonds. The van der Waals surface area contributed by atoms with Crippen molar-refractivity contribution >= 4 is 36.1 Å². The summed E-state index contributed by atoms with van der Waals surface area (Å²) in [6, 6.07) is -1.29. The number of hydrogen-bond donors (Lipinski definition) is 12. The van der Waals surface area contributed by atoms with Gasteiger partial charge in [-0.05, 0) is 0 Å². The summed E-state index contributed by atoms with van der Waals surface area (Å²) in [6.45, 7) is -0.760. The summed E-state index contributed by atoms with van der Waals surface area (Å²) in [5.74, 6) is -7.52. The van der Waals surface area contributed by atoms with E-state index >= 15 is 0 Å². The summed E-state index contributed by atoms with van der Waals surface area (Å²) in [7, 11) is 0. The van der Waals surface area contributed by atoms with E-state index in [1.165, 1.54) is 0 Å². The monoisotopic (exact) mass is 505 g/mol. The number of hydrogen-bond acceptors (Lipinski definition) is 13. The van der Waals surface area contributed by atoms with Crippen molar-refractivity contribution in [1.29, 1.82) is 0 Å². The van der Waals surface area contributed by atoms with Gasteiger partial charge in [0.15, 0.2) is 11.9 Å². The molecule has 5 atom stereocenters.